The maximum atomic E-state index is 12.0. The molecule has 0 radical (unpaired) electrons. The number of hydrogen-bond donors (Lipinski definition) is 1. The van der Waals surface area contributed by atoms with Crippen molar-refractivity contribution in [2.24, 2.45) is 0 Å². The zero-order chi connectivity index (χ0) is 10.8. The van der Waals surface area contributed by atoms with Crippen LogP contribution in [0.3, 0.4) is 0 Å². The number of rotatable bonds is 3. The van der Waals surface area contributed by atoms with E-state index in [0.717, 1.165) is 24.2 Å². The predicted molar refractivity (Wildman–Crippen MR) is 54.6 cm³/mol. The minimum atomic E-state index is -2.75. The second-order valence-corrected chi connectivity index (χ2v) is 3.61. The van der Waals surface area contributed by atoms with Crippen molar-refractivity contribution in [3.05, 3.63) is 23.8 Å². The van der Waals surface area contributed by atoms with Crippen LogP contribution in [-0.2, 0) is 0 Å². The first-order chi connectivity index (χ1) is 7.20. The molecule has 0 amide bonds. The van der Waals surface area contributed by atoms with Gasteiger partial charge >= 0.3 is 6.61 Å². The van der Waals surface area contributed by atoms with E-state index in [1.165, 1.54) is 0 Å². The third kappa shape index (κ3) is 2.03. The molecule has 2 rings (SSSR count). The summed E-state index contributed by atoms with van der Waals surface area (Å²) in [7, 11) is 0. The molecule has 0 fully saturated rings. The zero-order valence-electron chi connectivity index (χ0n) is 8.47. The quantitative estimate of drug-likeness (QED) is 0.832. The van der Waals surface area contributed by atoms with Crippen LogP contribution >= 0.6 is 0 Å². The van der Waals surface area contributed by atoms with Gasteiger partial charge in [0.2, 0.25) is 0 Å². The SMILES string of the molecule is CCC1CNc2ccc(OC(F)F)cc21. The van der Waals surface area contributed by atoms with E-state index in [1.54, 1.807) is 18.2 Å². The lowest BCUT2D eigenvalue weighted by molar-refractivity contribution is -0.0498. The van der Waals surface area contributed by atoms with E-state index in [9.17, 15) is 8.78 Å². The van der Waals surface area contributed by atoms with Gasteiger partial charge in [0.05, 0.1) is 0 Å². The molecule has 1 aliphatic heterocycles. The Morgan fingerprint density at radius 1 is 1.53 bits per heavy atom. The van der Waals surface area contributed by atoms with Crippen LogP contribution in [0.25, 0.3) is 0 Å². The van der Waals surface area contributed by atoms with Crippen molar-refractivity contribution in [3.8, 4) is 5.75 Å². The van der Waals surface area contributed by atoms with Crippen molar-refractivity contribution < 1.29 is 13.5 Å². The van der Waals surface area contributed by atoms with Crippen LogP contribution in [0.2, 0.25) is 0 Å². The maximum Gasteiger partial charge on any atom is 0.387 e. The Morgan fingerprint density at radius 3 is 3.00 bits per heavy atom. The summed E-state index contributed by atoms with van der Waals surface area (Å²) in [6.07, 6.45) is 0.998. The number of alkyl halides is 2. The highest BCUT2D eigenvalue weighted by Gasteiger charge is 2.21. The molecule has 0 aliphatic carbocycles. The van der Waals surface area contributed by atoms with E-state index >= 15 is 0 Å². The van der Waals surface area contributed by atoms with Crippen LogP contribution in [0.1, 0.15) is 24.8 Å². The van der Waals surface area contributed by atoms with Gasteiger partial charge in [-0.2, -0.15) is 8.78 Å². The Hall–Kier alpha value is -1.32. The van der Waals surface area contributed by atoms with Crippen molar-refractivity contribution >= 4 is 5.69 Å². The monoisotopic (exact) mass is 213 g/mol. The molecule has 1 heterocycles. The van der Waals surface area contributed by atoms with Gasteiger partial charge in [-0.3, -0.25) is 0 Å². The van der Waals surface area contributed by atoms with Crippen LogP contribution in [0.4, 0.5) is 14.5 Å². The smallest absolute Gasteiger partial charge is 0.387 e. The van der Waals surface area contributed by atoms with E-state index in [-0.39, 0.29) is 5.75 Å². The molecule has 1 N–H and O–H groups in total. The summed E-state index contributed by atoms with van der Waals surface area (Å²) in [5, 5.41) is 3.24. The van der Waals surface area contributed by atoms with Crippen molar-refractivity contribution in [1.82, 2.24) is 0 Å². The summed E-state index contributed by atoms with van der Waals surface area (Å²) in [4.78, 5) is 0. The molecule has 1 unspecified atom stereocenters. The number of benzene rings is 1. The van der Waals surface area contributed by atoms with Gasteiger partial charge in [0, 0.05) is 18.2 Å². The Bertz CT molecular complexity index is 354. The summed E-state index contributed by atoms with van der Waals surface area (Å²) in [5.74, 6) is 0.645. The maximum absolute atomic E-state index is 12.0. The van der Waals surface area contributed by atoms with Gasteiger partial charge < -0.3 is 10.1 Å². The van der Waals surface area contributed by atoms with E-state index in [2.05, 4.69) is 17.0 Å². The Labute approximate surface area is 87.2 Å². The van der Waals surface area contributed by atoms with E-state index in [4.69, 9.17) is 0 Å². The van der Waals surface area contributed by atoms with Crippen molar-refractivity contribution in [1.29, 1.82) is 0 Å². The fraction of sp³-hybridized carbons (Fsp3) is 0.455. The minimum Gasteiger partial charge on any atom is -0.435 e. The van der Waals surface area contributed by atoms with Gasteiger partial charge in [-0.1, -0.05) is 6.92 Å². The van der Waals surface area contributed by atoms with Crippen LogP contribution in [-0.4, -0.2) is 13.2 Å². The van der Waals surface area contributed by atoms with Gasteiger partial charge in [-0.25, -0.2) is 0 Å². The molecule has 0 bridgehead atoms. The number of halogens is 2. The molecule has 0 aromatic heterocycles. The number of ether oxygens (including phenoxy) is 1. The minimum absolute atomic E-state index is 0.242. The third-order valence-electron chi connectivity index (χ3n) is 2.72. The molecule has 1 aromatic rings. The lowest BCUT2D eigenvalue weighted by Gasteiger charge is -2.09. The molecule has 1 atom stereocenters. The molecular formula is C11H13F2NO. The summed E-state index contributed by atoms with van der Waals surface area (Å²) >= 11 is 0. The molecule has 2 nitrogen and oxygen atoms in total. The fourth-order valence-electron chi connectivity index (χ4n) is 1.92. The second kappa shape index (κ2) is 4.04. The lowest BCUT2D eigenvalue weighted by atomic mass is 9.99. The van der Waals surface area contributed by atoms with Gasteiger partial charge in [0.1, 0.15) is 5.75 Å². The normalized spacial score (nSPS) is 18.8. The largest absolute Gasteiger partial charge is 0.435 e. The Balaban J connectivity index is 2.24. The first kappa shape index (κ1) is 10.2. The first-order valence-corrected chi connectivity index (χ1v) is 5.03. The van der Waals surface area contributed by atoms with Gasteiger partial charge in [0.15, 0.2) is 0 Å². The van der Waals surface area contributed by atoms with Crippen LogP contribution in [0.5, 0.6) is 5.75 Å². The van der Waals surface area contributed by atoms with E-state index in [1.807, 2.05) is 0 Å². The predicted octanol–water partition coefficient (Wildman–Crippen LogP) is 3.21. The van der Waals surface area contributed by atoms with Gasteiger partial charge in [-0.15, -0.1) is 0 Å². The number of hydrogen-bond acceptors (Lipinski definition) is 2. The zero-order valence-corrected chi connectivity index (χ0v) is 8.47. The van der Waals surface area contributed by atoms with Crippen molar-refractivity contribution in [2.45, 2.75) is 25.9 Å². The number of anilines is 1. The molecule has 0 saturated heterocycles. The lowest BCUT2D eigenvalue weighted by Crippen LogP contribution is -2.02. The van der Waals surface area contributed by atoms with Crippen LogP contribution in [0.15, 0.2) is 18.2 Å². The van der Waals surface area contributed by atoms with E-state index in [0.29, 0.717) is 5.92 Å². The fourth-order valence-corrected chi connectivity index (χ4v) is 1.92. The molecule has 0 spiro atoms. The van der Waals surface area contributed by atoms with Crippen molar-refractivity contribution in [2.75, 3.05) is 11.9 Å². The highest BCUT2D eigenvalue weighted by atomic mass is 19.3. The summed E-state index contributed by atoms with van der Waals surface area (Å²) in [6, 6.07) is 5.06. The average molecular weight is 213 g/mol. The average Bonchev–Trinajstić information content (AvgIpc) is 2.59. The van der Waals surface area contributed by atoms with Gasteiger partial charge in [-0.05, 0) is 30.2 Å². The molecular weight excluding hydrogens is 200 g/mol. The third-order valence-corrected chi connectivity index (χ3v) is 2.72. The van der Waals surface area contributed by atoms with Crippen LogP contribution < -0.4 is 10.1 Å². The molecule has 1 aliphatic rings. The molecule has 82 valence electrons. The van der Waals surface area contributed by atoms with Crippen LogP contribution in [0, 0.1) is 0 Å². The summed E-state index contributed by atoms with van der Waals surface area (Å²) < 4.78 is 28.4. The molecule has 15 heavy (non-hydrogen) atoms. The molecule has 1 aromatic carbocycles. The summed E-state index contributed by atoms with van der Waals surface area (Å²) in [6.45, 7) is 0.212. The first-order valence-electron chi connectivity index (χ1n) is 5.03. The highest BCUT2D eigenvalue weighted by molar-refractivity contribution is 5.60. The highest BCUT2D eigenvalue weighted by Crippen LogP contribution is 2.36. The second-order valence-electron chi connectivity index (χ2n) is 3.61. The molecule has 4 heteroatoms. The number of fused-ring (bicyclic) bond motifs is 1. The number of nitrogens with one attached hydrogen (secondary N) is 1. The molecule has 0 saturated carbocycles. The van der Waals surface area contributed by atoms with Gasteiger partial charge in [0.25, 0.3) is 0 Å². The topological polar surface area (TPSA) is 21.3 Å². The summed E-state index contributed by atoms with van der Waals surface area (Å²) in [5.41, 5.74) is 2.11. The van der Waals surface area contributed by atoms with E-state index < -0.39 is 6.61 Å². The van der Waals surface area contributed by atoms with Crippen molar-refractivity contribution in [3.63, 3.8) is 0 Å². The standard InChI is InChI=1S/C11H13F2NO/c1-2-7-6-14-10-4-3-8(5-9(7)10)15-11(12)13/h3-5,7,11,14H,2,6H2,1H3. The Morgan fingerprint density at radius 2 is 2.33 bits per heavy atom. The Kier molecular flexibility index (Phi) is 2.75.